The van der Waals surface area contributed by atoms with Crippen LogP contribution in [-0.2, 0) is 0 Å². The summed E-state index contributed by atoms with van der Waals surface area (Å²) < 4.78 is 0. The van der Waals surface area contributed by atoms with Gasteiger partial charge in [0.15, 0.2) is 0 Å². The minimum atomic E-state index is -0.188. The summed E-state index contributed by atoms with van der Waals surface area (Å²) in [5.74, 6) is 0. The monoisotopic (exact) mass is 204 g/mol. The van der Waals surface area contributed by atoms with Gasteiger partial charge < -0.3 is 10.7 Å². The molecule has 0 aliphatic heterocycles. The van der Waals surface area contributed by atoms with Gasteiger partial charge >= 0.3 is 0 Å². The molecule has 0 saturated carbocycles. The van der Waals surface area contributed by atoms with E-state index in [1.807, 2.05) is 24.3 Å². The third-order valence-electron chi connectivity index (χ3n) is 2.02. The Hall–Kier alpha value is -1.68. The average Bonchev–Trinajstić information content (AvgIpc) is 2.16. The molecule has 0 aliphatic carbocycles. The number of nitrogens with two attached hydrogens (primary N) is 1. The van der Waals surface area contributed by atoms with Crippen LogP contribution >= 0.6 is 12.2 Å². The minimum absolute atomic E-state index is 0.188. The van der Waals surface area contributed by atoms with E-state index in [2.05, 4.69) is 4.98 Å². The fourth-order valence-corrected chi connectivity index (χ4v) is 1.58. The maximum atomic E-state index is 11.2. The zero-order valence-electron chi connectivity index (χ0n) is 7.28. The maximum Gasteiger partial charge on any atom is 0.249 e. The Labute approximate surface area is 85.6 Å². The summed E-state index contributed by atoms with van der Waals surface area (Å²) in [6, 6.07) is 8.84. The number of pyridine rings is 1. The highest BCUT2D eigenvalue weighted by atomic mass is 32.1. The molecule has 0 atom stereocenters. The van der Waals surface area contributed by atoms with Crippen LogP contribution in [0.2, 0.25) is 0 Å². The molecular formula is C10H8N2OS. The summed E-state index contributed by atoms with van der Waals surface area (Å²) in [7, 11) is 0. The smallest absolute Gasteiger partial charge is 0.249 e. The predicted molar refractivity (Wildman–Crippen MR) is 60.5 cm³/mol. The summed E-state index contributed by atoms with van der Waals surface area (Å²) in [5.41, 5.74) is 6.72. The van der Waals surface area contributed by atoms with Crippen molar-refractivity contribution in [3.05, 3.63) is 46.2 Å². The number of para-hydroxylation sites is 1. The van der Waals surface area contributed by atoms with Crippen molar-refractivity contribution in [2.75, 3.05) is 0 Å². The molecule has 0 bridgehead atoms. The number of fused-ring (bicyclic) bond motifs is 1. The minimum Gasteiger partial charge on any atom is -0.389 e. The standard InChI is InChI=1S/C10H8N2OS/c11-10(14)7-5-9(13)12-8-4-2-1-3-6(7)8/h1-5H,(H2,11,14)(H,12,13). The predicted octanol–water partition coefficient (Wildman–Crippen LogP) is 1.16. The molecule has 0 aliphatic rings. The van der Waals surface area contributed by atoms with Crippen molar-refractivity contribution in [1.82, 2.24) is 4.98 Å². The van der Waals surface area contributed by atoms with Gasteiger partial charge in [-0.25, -0.2) is 0 Å². The van der Waals surface area contributed by atoms with E-state index in [1.54, 1.807) is 0 Å². The van der Waals surface area contributed by atoms with Gasteiger partial charge in [-0.2, -0.15) is 0 Å². The lowest BCUT2D eigenvalue weighted by atomic mass is 10.1. The maximum absolute atomic E-state index is 11.2. The van der Waals surface area contributed by atoms with Crippen molar-refractivity contribution in [3.8, 4) is 0 Å². The van der Waals surface area contributed by atoms with Crippen molar-refractivity contribution in [1.29, 1.82) is 0 Å². The number of benzene rings is 1. The van der Waals surface area contributed by atoms with E-state index in [-0.39, 0.29) is 10.5 Å². The summed E-state index contributed by atoms with van der Waals surface area (Å²) in [4.78, 5) is 14.2. The van der Waals surface area contributed by atoms with Crippen molar-refractivity contribution >= 4 is 28.1 Å². The van der Waals surface area contributed by atoms with Crippen LogP contribution in [0.3, 0.4) is 0 Å². The first-order valence-electron chi connectivity index (χ1n) is 4.10. The highest BCUT2D eigenvalue weighted by Gasteiger charge is 2.04. The van der Waals surface area contributed by atoms with Crippen molar-refractivity contribution in [2.24, 2.45) is 5.73 Å². The number of nitrogens with one attached hydrogen (secondary N) is 1. The molecule has 3 N–H and O–H groups in total. The van der Waals surface area contributed by atoms with Gasteiger partial charge in [-0.3, -0.25) is 4.79 Å². The normalized spacial score (nSPS) is 10.3. The van der Waals surface area contributed by atoms with Crippen molar-refractivity contribution < 1.29 is 0 Å². The van der Waals surface area contributed by atoms with E-state index in [9.17, 15) is 4.79 Å². The largest absolute Gasteiger partial charge is 0.389 e. The van der Waals surface area contributed by atoms with Crippen LogP contribution < -0.4 is 11.3 Å². The van der Waals surface area contributed by atoms with Crippen molar-refractivity contribution in [2.45, 2.75) is 0 Å². The Morgan fingerprint density at radius 3 is 2.79 bits per heavy atom. The van der Waals surface area contributed by atoms with Gasteiger partial charge in [0.05, 0.1) is 0 Å². The Balaban J connectivity index is 2.94. The van der Waals surface area contributed by atoms with Gasteiger partial charge in [0.1, 0.15) is 4.99 Å². The summed E-state index contributed by atoms with van der Waals surface area (Å²) >= 11 is 4.87. The first-order chi connectivity index (χ1) is 6.68. The van der Waals surface area contributed by atoms with Crippen LogP contribution in [0.25, 0.3) is 10.9 Å². The van der Waals surface area contributed by atoms with Crippen LogP contribution in [-0.4, -0.2) is 9.97 Å². The lowest BCUT2D eigenvalue weighted by Gasteiger charge is -2.03. The molecular weight excluding hydrogens is 196 g/mol. The van der Waals surface area contributed by atoms with E-state index in [4.69, 9.17) is 18.0 Å². The van der Waals surface area contributed by atoms with E-state index >= 15 is 0 Å². The van der Waals surface area contributed by atoms with Gasteiger partial charge in [0.2, 0.25) is 5.56 Å². The zero-order valence-corrected chi connectivity index (χ0v) is 8.10. The molecule has 0 fully saturated rings. The third-order valence-corrected chi connectivity index (χ3v) is 2.24. The van der Waals surface area contributed by atoms with E-state index < -0.39 is 0 Å². The SMILES string of the molecule is NC(=S)c1cc(=O)[nH]c2ccccc12. The summed E-state index contributed by atoms with van der Waals surface area (Å²) in [5, 5.41) is 0.875. The Bertz CT molecular complexity index is 559. The summed E-state index contributed by atoms with van der Waals surface area (Å²) in [6.45, 7) is 0. The van der Waals surface area contributed by atoms with Gasteiger partial charge in [-0.1, -0.05) is 30.4 Å². The molecule has 0 unspecified atom stereocenters. The van der Waals surface area contributed by atoms with Gasteiger partial charge in [0.25, 0.3) is 0 Å². The third kappa shape index (κ3) is 1.40. The Morgan fingerprint density at radius 2 is 2.07 bits per heavy atom. The average molecular weight is 204 g/mol. The van der Waals surface area contributed by atoms with E-state index in [0.717, 1.165) is 10.9 Å². The molecule has 0 amide bonds. The van der Waals surface area contributed by atoms with Crippen LogP contribution in [0.15, 0.2) is 35.1 Å². The molecule has 4 heteroatoms. The Morgan fingerprint density at radius 1 is 1.36 bits per heavy atom. The zero-order chi connectivity index (χ0) is 10.1. The van der Waals surface area contributed by atoms with E-state index in [1.165, 1.54) is 6.07 Å². The fraction of sp³-hybridized carbons (Fsp3) is 0. The molecule has 2 aromatic rings. The topological polar surface area (TPSA) is 58.9 Å². The molecule has 2 rings (SSSR count). The first kappa shape index (κ1) is 8.90. The number of aromatic nitrogens is 1. The molecule has 0 saturated heterocycles. The second-order valence-electron chi connectivity index (χ2n) is 2.96. The van der Waals surface area contributed by atoms with E-state index in [0.29, 0.717) is 5.56 Å². The molecule has 1 heterocycles. The van der Waals surface area contributed by atoms with Gasteiger partial charge in [-0.05, 0) is 6.07 Å². The number of hydrogen-bond donors (Lipinski definition) is 2. The second kappa shape index (κ2) is 3.23. The van der Waals surface area contributed by atoms with Crippen LogP contribution in [0.5, 0.6) is 0 Å². The molecule has 3 nitrogen and oxygen atoms in total. The highest BCUT2D eigenvalue weighted by Crippen LogP contribution is 2.13. The number of rotatable bonds is 1. The molecule has 1 aromatic carbocycles. The summed E-state index contributed by atoms with van der Waals surface area (Å²) in [6.07, 6.45) is 0. The number of aromatic amines is 1. The second-order valence-corrected chi connectivity index (χ2v) is 3.40. The lowest BCUT2D eigenvalue weighted by Crippen LogP contribution is -2.15. The van der Waals surface area contributed by atoms with Crippen LogP contribution in [0.4, 0.5) is 0 Å². The first-order valence-corrected chi connectivity index (χ1v) is 4.51. The quantitative estimate of drug-likeness (QED) is 0.685. The number of hydrogen-bond acceptors (Lipinski definition) is 2. The number of H-pyrrole nitrogens is 1. The Kier molecular flexibility index (Phi) is 2.05. The van der Waals surface area contributed by atoms with Gasteiger partial charge in [0, 0.05) is 22.5 Å². The molecule has 70 valence electrons. The van der Waals surface area contributed by atoms with Crippen molar-refractivity contribution in [3.63, 3.8) is 0 Å². The fourth-order valence-electron chi connectivity index (χ4n) is 1.41. The van der Waals surface area contributed by atoms with Gasteiger partial charge in [-0.15, -0.1) is 0 Å². The van der Waals surface area contributed by atoms with Crippen LogP contribution in [0.1, 0.15) is 5.56 Å². The molecule has 0 radical (unpaired) electrons. The molecule has 14 heavy (non-hydrogen) atoms. The lowest BCUT2D eigenvalue weighted by molar-refractivity contribution is 1.30. The van der Waals surface area contributed by atoms with Crippen LogP contribution in [0, 0.1) is 0 Å². The molecule has 0 spiro atoms. The molecule has 1 aromatic heterocycles. The number of thiocarbonyl (C=S) groups is 1. The highest BCUT2D eigenvalue weighted by molar-refractivity contribution is 7.80.